The van der Waals surface area contributed by atoms with E-state index >= 15 is 0 Å². The number of fused-ring (bicyclic) bond motifs is 1. The minimum Gasteiger partial charge on any atom is -0.457 e. The Morgan fingerprint density at radius 3 is 3.00 bits per heavy atom. The third-order valence-corrected chi connectivity index (χ3v) is 5.61. The lowest BCUT2D eigenvalue weighted by molar-refractivity contribution is 0.294. The number of aliphatic imine (C=N–C) groups is 1. The van der Waals surface area contributed by atoms with Crippen molar-refractivity contribution in [1.29, 1.82) is 0 Å². The molecule has 3 aromatic heterocycles. The normalized spacial score (nSPS) is 18.5. The van der Waals surface area contributed by atoms with Gasteiger partial charge in [-0.1, -0.05) is 17.7 Å². The Labute approximate surface area is 164 Å². The number of aromatic nitrogens is 1. The lowest BCUT2D eigenvalue weighted by Gasteiger charge is -2.29. The fourth-order valence-corrected chi connectivity index (χ4v) is 3.91. The maximum Gasteiger partial charge on any atom is 0.231 e. The molecule has 1 aliphatic rings. The molecule has 6 nitrogen and oxygen atoms in total. The Hall–Kier alpha value is -2.16. The second-order valence-electron chi connectivity index (χ2n) is 6.29. The molecule has 3 aromatic rings. The molecule has 27 heavy (non-hydrogen) atoms. The number of anilines is 1. The van der Waals surface area contributed by atoms with Crippen LogP contribution in [0.15, 0.2) is 43.8 Å². The summed E-state index contributed by atoms with van der Waals surface area (Å²) in [7, 11) is 0. The minimum absolute atomic E-state index is 0.204. The molecule has 3 atom stereocenters. The van der Waals surface area contributed by atoms with Crippen LogP contribution >= 0.6 is 22.9 Å². The maximum atomic E-state index is 13.7. The van der Waals surface area contributed by atoms with Crippen LogP contribution < -0.4 is 10.6 Å². The minimum atomic E-state index is -1.18. The summed E-state index contributed by atoms with van der Waals surface area (Å²) in [6.07, 6.45) is 3.64. The summed E-state index contributed by atoms with van der Waals surface area (Å²) >= 11 is 8.11. The standard InChI is InChI=1S/C18H18ClFN4O2S/c1-10(20)12(21)7-13-15(17-22-4-5-25-17)16-14(26-13)8-23-18(19)24(16)9-11-3-2-6-27-11/h2-6,8,10,12,18H,7,9,21H2,1H3/t10-,12+,18?/m0/s1. The fraction of sp³-hybridized carbons (Fsp3) is 0.333. The second-order valence-corrected chi connectivity index (χ2v) is 7.71. The van der Waals surface area contributed by atoms with Crippen molar-refractivity contribution >= 4 is 34.8 Å². The topological polar surface area (TPSA) is 80.8 Å². The molecule has 9 heteroatoms. The number of halogens is 2. The van der Waals surface area contributed by atoms with Crippen LogP contribution in [-0.4, -0.2) is 29.0 Å². The number of hydrogen-bond acceptors (Lipinski definition) is 7. The van der Waals surface area contributed by atoms with Crippen molar-refractivity contribution in [3.63, 3.8) is 0 Å². The number of rotatable bonds is 6. The molecule has 0 saturated heterocycles. The van der Waals surface area contributed by atoms with Crippen LogP contribution in [0.5, 0.6) is 0 Å². The summed E-state index contributed by atoms with van der Waals surface area (Å²) in [5.41, 5.74) is 6.71. The fourth-order valence-electron chi connectivity index (χ4n) is 2.99. The van der Waals surface area contributed by atoms with Crippen molar-refractivity contribution in [3.05, 3.63) is 46.4 Å². The van der Waals surface area contributed by atoms with E-state index in [2.05, 4.69) is 9.98 Å². The average Bonchev–Trinajstić information content (AvgIpc) is 3.37. The summed E-state index contributed by atoms with van der Waals surface area (Å²) in [5.74, 6) is 1.42. The van der Waals surface area contributed by atoms with Crippen LogP contribution in [0.4, 0.5) is 10.1 Å². The van der Waals surface area contributed by atoms with Gasteiger partial charge < -0.3 is 19.5 Å². The van der Waals surface area contributed by atoms with Crippen LogP contribution in [0.25, 0.3) is 11.5 Å². The Kier molecular flexibility index (Phi) is 5.03. The lowest BCUT2D eigenvalue weighted by atomic mass is 10.0. The number of furan rings is 1. The van der Waals surface area contributed by atoms with Gasteiger partial charge >= 0.3 is 0 Å². The van der Waals surface area contributed by atoms with Gasteiger partial charge in [0.05, 0.1) is 19.0 Å². The molecular formula is C18H18ClFN4O2S. The van der Waals surface area contributed by atoms with E-state index in [4.69, 9.17) is 26.2 Å². The van der Waals surface area contributed by atoms with Crippen molar-refractivity contribution in [2.45, 2.75) is 37.7 Å². The third-order valence-electron chi connectivity index (χ3n) is 4.40. The molecule has 142 valence electrons. The van der Waals surface area contributed by atoms with Crippen LogP contribution in [0.1, 0.15) is 23.3 Å². The van der Waals surface area contributed by atoms with E-state index in [9.17, 15) is 4.39 Å². The predicted octanol–water partition coefficient (Wildman–Crippen LogP) is 4.19. The smallest absolute Gasteiger partial charge is 0.231 e. The van der Waals surface area contributed by atoms with Crippen molar-refractivity contribution in [1.82, 2.24) is 4.98 Å². The van der Waals surface area contributed by atoms with E-state index in [0.29, 0.717) is 29.5 Å². The highest BCUT2D eigenvalue weighted by molar-refractivity contribution is 7.09. The van der Waals surface area contributed by atoms with Crippen LogP contribution in [0.3, 0.4) is 0 Å². The number of hydrogen-bond donors (Lipinski definition) is 1. The Morgan fingerprint density at radius 1 is 1.48 bits per heavy atom. The molecule has 0 aromatic carbocycles. The molecule has 1 unspecified atom stereocenters. The summed E-state index contributed by atoms with van der Waals surface area (Å²) in [6.45, 7) is 1.98. The molecule has 4 rings (SSSR count). The van der Waals surface area contributed by atoms with Gasteiger partial charge in [-0.2, -0.15) is 0 Å². The summed E-state index contributed by atoms with van der Waals surface area (Å²) in [5, 5.41) is 2.00. The largest absolute Gasteiger partial charge is 0.457 e. The summed E-state index contributed by atoms with van der Waals surface area (Å²) < 4.78 is 25.2. The number of nitrogens with two attached hydrogens (primary N) is 1. The molecule has 2 N–H and O–H groups in total. The highest BCUT2D eigenvalue weighted by atomic mass is 35.5. The van der Waals surface area contributed by atoms with Crippen molar-refractivity contribution in [2.24, 2.45) is 10.7 Å². The molecule has 1 aliphatic heterocycles. The Bertz CT molecular complexity index is 924. The molecule has 0 bridgehead atoms. The third kappa shape index (κ3) is 3.52. The van der Waals surface area contributed by atoms with Crippen LogP contribution in [-0.2, 0) is 13.0 Å². The quantitative estimate of drug-likeness (QED) is 0.488. The average molecular weight is 409 g/mol. The Morgan fingerprint density at radius 2 is 2.33 bits per heavy atom. The zero-order valence-electron chi connectivity index (χ0n) is 14.5. The van der Waals surface area contributed by atoms with Gasteiger partial charge in [-0.15, -0.1) is 11.3 Å². The molecule has 0 spiro atoms. The van der Waals surface area contributed by atoms with Crippen LogP contribution in [0, 0.1) is 0 Å². The van der Waals surface area contributed by atoms with Gasteiger partial charge in [0.1, 0.15) is 29.4 Å². The zero-order chi connectivity index (χ0) is 19.0. The first-order valence-corrected chi connectivity index (χ1v) is 9.77. The van der Waals surface area contributed by atoms with Crippen molar-refractivity contribution in [3.8, 4) is 11.5 Å². The van der Waals surface area contributed by atoms with Gasteiger partial charge in [0.25, 0.3) is 0 Å². The Balaban J connectivity index is 1.81. The van der Waals surface area contributed by atoms with Crippen molar-refractivity contribution in [2.75, 3.05) is 4.90 Å². The number of alkyl halides is 2. The molecule has 0 radical (unpaired) electrons. The molecule has 0 amide bonds. The highest BCUT2D eigenvalue weighted by Crippen LogP contribution is 2.43. The van der Waals surface area contributed by atoms with Gasteiger partial charge in [-0.3, -0.25) is 0 Å². The van der Waals surface area contributed by atoms with Crippen molar-refractivity contribution < 1.29 is 13.2 Å². The first kappa shape index (κ1) is 18.2. The first-order valence-electron chi connectivity index (χ1n) is 8.46. The zero-order valence-corrected chi connectivity index (χ0v) is 16.1. The molecule has 0 saturated carbocycles. The van der Waals surface area contributed by atoms with Gasteiger partial charge in [0.15, 0.2) is 11.4 Å². The summed E-state index contributed by atoms with van der Waals surface area (Å²) in [6, 6.07) is 3.30. The van der Waals surface area contributed by atoms with E-state index in [1.54, 1.807) is 23.7 Å². The van der Waals surface area contributed by atoms with Gasteiger partial charge in [0, 0.05) is 17.3 Å². The maximum absolute atomic E-state index is 13.7. The van der Waals surface area contributed by atoms with Gasteiger partial charge in [0.2, 0.25) is 5.89 Å². The number of oxazole rings is 1. The number of nitrogens with zero attached hydrogens (tertiary/aromatic N) is 3. The van der Waals surface area contributed by atoms with E-state index in [0.717, 1.165) is 10.6 Å². The SMILES string of the molecule is C[C@H](F)[C@H](N)Cc1oc2c(c1-c1ncco1)N(Cc1cccs1)C(Cl)N=C2. The van der Waals surface area contributed by atoms with E-state index in [1.165, 1.54) is 13.2 Å². The van der Waals surface area contributed by atoms with Gasteiger partial charge in [-0.25, -0.2) is 14.4 Å². The highest BCUT2D eigenvalue weighted by Gasteiger charge is 2.34. The molecule has 0 aliphatic carbocycles. The monoisotopic (exact) mass is 408 g/mol. The molecule has 4 heterocycles. The van der Waals surface area contributed by atoms with E-state index in [-0.39, 0.29) is 6.42 Å². The molecular weight excluding hydrogens is 391 g/mol. The first-order chi connectivity index (χ1) is 13.0. The summed E-state index contributed by atoms with van der Waals surface area (Å²) in [4.78, 5) is 11.6. The van der Waals surface area contributed by atoms with Crippen LogP contribution in [0.2, 0.25) is 0 Å². The van der Waals surface area contributed by atoms with E-state index in [1.807, 2.05) is 22.4 Å². The lowest BCUT2D eigenvalue weighted by Crippen LogP contribution is -2.33. The van der Waals surface area contributed by atoms with Gasteiger partial charge in [-0.05, 0) is 18.4 Å². The van der Waals surface area contributed by atoms with E-state index < -0.39 is 17.8 Å². The molecule has 0 fully saturated rings. The predicted molar refractivity (Wildman–Crippen MR) is 104 cm³/mol. The second kappa shape index (κ2) is 7.46. The number of thiophene rings is 1.